The van der Waals surface area contributed by atoms with E-state index >= 15 is 0 Å². The van der Waals surface area contributed by atoms with Gasteiger partial charge in [-0.15, -0.1) is 0 Å². The largest absolute Gasteiger partial charge is 0.495 e. The van der Waals surface area contributed by atoms with E-state index in [0.29, 0.717) is 17.4 Å². The van der Waals surface area contributed by atoms with E-state index in [4.69, 9.17) is 4.74 Å². The number of benzene rings is 1. The molecule has 0 aliphatic rings. The van der Waals surface area contributed by atoms with Crippen molar-refractivity contribution in [1.29, 1.82) is 0 Å². The molecule has 0 saturated heterocycles. The first kappa shape index (κ1) is 20.4. The summed E-state index contributed by atoms with van der Waals surface area (Å²) in [6, 6.07) is 4.25. The van der Waals surface area contributed by atoms with Gasteiger partial charge in [0.05, 0.1) is 17.7 Å². The standard InChI is InChI=1S/C17H28N2O4S/c1-12(2)7-6-8-13(3)19-24(21,22)15-9-10-17(23-5)16(11-15)18-14(4)20/h9-13,19H,6-8H2,1-5H3,(H,18,20)/t13-/m0/s1. The number of nitrogens with one attached hydrogen (secondary N) is 2. The third-order valence-corrected chi connectivity index (χ3v) is 5.15. The number of hydrogen-bond donors (Lipinski definition) is 2. The maximum absolute atomic E-state index is 12.5. The Morgan fingerprint density at radius 3 is 2.42 bits per heavy atom. The second kappa shape index (κ2) is 9.03. The first-order chi connectivity index (χ1) is 11.2. The molecule has 0 bridgehead atoms. The zero-order valence-electron chi connectivity index (χ0n) is 15.0. The number of carbonyl (C=O) groups is 1. The highest BCUT2D eigenvalue weighted by atomic mass is 32.2. The summed E-state index contributed by atoms with van der Waals surface area (Å²) in [6.07, 6.45) is 2.83. The number of hydrogen-bond acceptors (Lipinski definition) is 4. The fourth-order valence-corrected chi connectivity index (χ4v) is 3.67. The molecule has 7 heteroatoms. The maximum atomic E-state index is 12.5. The molecule has 0 heterocycles. The van der Waals surface area contributed by atoms with E-state index in [1.54, 1.807) is 0 Å². The van der Waals surface area contributed by atoms with Crippen LogP contribution in [0.3, 0.4) is 0 Å². The van der Waals surface area contributed by atoms with Crippen molar-refractivity contribution >= 4 is 21.6 Å². The van der Waals surface area contributed by atoms with Crippen LogP contribution in [0.5, 0.6) is 5.75 Å². The summed E-state index contributed by atoms with van der Waals surface area (Å²) in [4.78, 5) is 11.4. The topological polar surface area (TPSA) is 84.5 Å². The molecule has 0 spiro atoms. The lowest BCUT2D eigenvalue weighted by Crippen LogP contribution is -2.32. The third kappa shape index (κ3) is 6.49. The number of carbonyl (C=O) groups excluding carboxylic acids is 1. The van der Waals surface area contributed by atoms with Gasteiger partial charge in [-0.1, -0.05) is 26.7 Å². The number of rotatable bonds is 9. The van der Waals surface area contributed by atoms with Gasteiger partial charge >= 0.3 is 0 Å². The fourth-order valence-electron chi connectivity index (χ4n) is 2.37. The molecule has 136 valence electrons. The van der Waals surface area contributed by atoms with E-state index in [1.807, 2.05) is 6.92 Å². The first-order valence-corrected chi connectivity index (χ1v) is 9.62. The molecule has 24 heavy (non-hydrogen) atoms. The van der Waals surface area contributed by atoms with Gasteiger partial charge in [0, 0.05) is 13.0 Å². The quantitative estimate of drug-likeness (QED) is 0.712. The number of anilines is 1. The minimum absolute atomic E-state index is 0.0998. The molecular weight excluding hydrogens is 328 g/mol. The van der Waals surface area contributed by atoms with E-state index in [9.17, 15) is 13.2 Å². The first-order valence-electron chi connectivity index (χ1n) is 8.13. The summed E-state index contributed by atoms with van der Waals surface area (Å²) in [5, 5.41) is 2.58. The van der Waals surface area contributed by atoms with Crippen LogP contribution in [0.25, 0.3) is 0 Å². The molecule has 2 N–H and O–H groups in total. The Hall–Kier alpha value is -1.60. The molecule has 0 saturated carbocycles. The Kier molecular flexibility index (Phi) is 7.69. The van der Waals surface area contributed by atoms with Crippen molar-refractivity contribution < 1.29 is 17.9 Å². The smallest absolute Gasteiger partial charge is 0.240 e. The van der Waals surface area contributed by atoms with Crippen LogP contribution in [0.1, 0.15) is 47.0 Å². The second-order valence-corrected chi connectivity index (χ2v) is 8.10. The van der Waals surface area contributed by atoms with Crippen molar-refractivity contribution in [2.24, 2.45) is 5.92 Å². The minimum atomic E-state index is -3.65. The Balaban J connectivity index is 2.87. The van der Waals surface area contributed by atoms with Crippen LogP contribution in [0.4, 0.5) is 5.69 Å². The predicted octanol–water partition coefficient (Wildman–Crippen LogP) is 3.15. The van der Waals surface area contributed by atoms with Crippen molar-refractivity contribution in [3.8, 4) is 5.75 Å². The minimum Gasteiger partial charge on any atom is -0.495 e. The molecule has 6 nitrogen and oxygen atoms in total. The molecule has 0 aliphatic carbocycles. The van der Waals surface area contributed by atoms with E-state index in [2.05, 4.69) is 23.9 Å². The van der Waals surface area contributed by atoms with E-state index in [-0.39, 0.29) is 16.8 Å². The molecule has 0 radical (unpaired) electrons. The van der Waals surface area contributed by atoms with Crippen LogP contribution in [-0.2, 0) is 14.8 Å². The molecule has 0 fully saturated rings. The van der Waals surface area contributed by atoms with Crippen LogP contribution in [-0.4, -0.2) is 27.5 Å². The van der Waals surface area contributed by atoms with Gasteiger partial charge in [-0.05, 0) is 37.5 Å². The van der Waals surface area contributed by atoms with Gasteiger partial charge in [-0.3, -0.25) is 4.79 Å². The summed E-state index contributed by atoms with van der Waals surface area (Å²) < 4.78 is 32.8. The molecule has 1 atom stereocenters. The SMILES string of the molecule is COc1ccc(S(=O)(=O)N[C@@H](C)CCCC(C)C)cc1NC(C)=O. The van der Waals surface area contributed by atoms with E-state index < -0.39 is 10.0 Å². The monoisotopic (exact) mass is 356 g/mol. The second-order valence-electron chi connectivity index (χ2n) is 6.39. The molecule has 0 unspecified atom stereocenters. The Morgan fingerprint density at radius 2 is 1.88 bits per heavy atom. The highest BCUT2D eigenvalue weighted by molar-refractivity contribution is 7.89. The normalized spacial score (nSPS) is 12.9. The fraction of sp³-hybridized carbons (Fsp3) is 0.588. The molecule has 1 rings (SSSR count). The van der Waals surface area contributed by atoms with Gasteiger partial charge in [0.15, 0.2) is 0 Å². The van der Waals surface area contributed by atoms with Crippen LogP contribution >= 0.6 is 0 Å². The Morgan fingerprint density at radius 1 is 1.21 bits per heavy atom. The summed E-state index contributed by atoms with van der Waals surface area (Å²) in [6.45, 7) is 7.51. The van der Waals surface area contributed by atoms with Crippen molar-refractivity contribution in [2.45, 2.75) is 57.9 Å². The number of ether oxygens (including phenoxy) is 1. The van der Waals surface area contributed by atoms with Gasteiger partial charge in [-0.25, -0.2) is 13.1 Å². The highest BCUT2D eigenvalue weighted by Gasteiger charge is 2.19. The summed E-state index contributed by atoms with van der Waals surface area (Å²) >= 11 is 0. The Bertz CT molecular complexity index is 657. The predicted molar refractivity (Wildman–Crippen MR) is 95.8 cm³/mol. The lowest BCUT2D eigenvalue weighted by atomic mass is 10.0. The average molecular weight is 356 g/mol. The molecule has 1 aromatic carbocycles. The van der Waals surface area contributed by atoms with Gasteiger partial charge in [-0.2, -0.15) is 0 Å². The highest BCUT2D eigenvalue weighted by Crippen LogP contribution is 2.27. The lowest BCUT2D eigenvalue weighted by molar-refractivity contribution is -0.114. The van der Waals surface area contributed by atoms with Gasteiger partial charge < -0.3 is 10.1 Å². The van der Waals surface area contributed by atoms with Crippen molar-refractivity contribution in [1.82, 2.24) is 4.72 Å². The van der Waals surface area contributed by atoms with Crippen LogP contribution in [0, 0.1) is 5.92 Å². The maximum Gasteiger partial charge on any atom is 0.240 e. The summed E-state index contributed by atoms with van der Waals surface area (Å²) in [5.74, 6) is 0.725. The van der Waals surface area contributed by atoms with Crippen molar-refractivity contribution in [2.75, 3.05) is 12.4 Å². The Labute approximate surface area is 145 Å². The van der Waals surface area contributed by atoms with Gasteiger partial charge in [0.2, 0.25) is 15.9 Å². The zero-order chi connectivity index (χ0) is 18.3. The van der Waals surface area contributed by atoms with E-state index in [0.717, 1.165) is 19.3 Å². The number of sulfonamides is 1. The molecule has 0 aliphatic heterocycles. The van der Waals surface area contributed by atoms with Crippen LogP contribution in [0.2, 0.25) is 0 Å². The van der Waals surface area contributed by atoms with Crippen LogP contribution < -0.4 is 14.8 Å². The number of amides is 1. The summed E-state index contributed by atoms with van der Waals surface area (Å²) in [5.41, 5.74) is 0.334. The van der Waals surface area contributed by atoms with E-state index in [1.165, 1.54) is 32.2 Å². The zero-order valence-corrected chi connectivity index (χ0v) is 15.9. The molecular formula is C17H28N2O4S. The molecule has 1 amide bonds. The van der Waals surface area contributed by atoms with Crippen molar-refractivity contribution in [3.63, 3.8) is 0 Å². The van der Waals surface area contributed by atoms with Gasteiger partial charge in [0.1, 0.15) is 5.75 Å². The molecule has 0 aromatic heterocycles. The van der Waals surface area contributed by atoms with Crippen molar-refractivity contribution in [3.05, 3.63) is 18.2 Å². The third-order valence-electron chi connectivity index (χ3n) is 3.57. The number of methoxy groups -OCH3 is 1. The summed E-state index contributed by atoms with van der Waals surface area (Å²) in [7, 11) is -2.19. The van der Waals surface area contributed by atoms with Gasteiger partial charge in [0.25, 0.3) is 0 Å². The molecule has 1 aromatic rings. The van der Waals surface area contributed by atoms with Crippen LogP contribution in [0.15, 0.2) is 23.1 Å². The lowest BCUT2D eigenvalue weighted by Gasteiger charge is -2.16. The average Bonchev–Trinajstić information content (AvgIpc) is 2.45.